The summed E-state index contributed by atoms with van der Waals surface area (Å²) in [4.78, 5) is 18.3. The van der Waals surface area contributed by atoms with Gasteiger partial charge in [-0.3, -0.25) is 19.8 Å². The average Bonchev–Trinajstić information content (AvgIpc) is 2.95. The molecule has 0 unspecified atom stereocenters. The molecule has 1 amide bonds. The number of H-pyrrole nitrogens is 1. The van der Waals surface area contributed by atoms with Crippen LogP contribution in [0.4, 0.5) is 5.69 Å². The molecule has 0 spiro atoms. The van der Waals surface area contributed by atoms with Gasteiger partial charge in [0.05, 0.1) is 24.1 Å². The third-order valence-electron chi connectivity index (χ3n) is 3.96. The summed E-state index contributed by atoms with van der Waals surface area (Å²) in [5.74, 6) is 0.414. The molecule has 0 aliphatic carbocycles. The number of amides is 1. The predicted molar refractivity (Wildman–Crippen MR) is 84.6 cm³/mol. The van der Waals surface area contributed by atoms with Gasteiger partial charge in [0.25, 0.3) is 0 Å². The Labute approximate surface area is 129 Å². The van der Waals surface area contributed by atoms with Crippen LogP contribution in [-0.2, 0) is 4.79 Å². The molecule has 0 bridgehead atoms. The molecule has 1 aliphatic heterocycles. The van der Waals surface area contributed by atoms with Gasteiger partial charge in [0.1, 0.15) is 0 Å². The van der Waals surface area contributed by atoms with Crippen LogP contribution in [-0.4, -0.2) is 45.6 Å². The largest absolute Gasteiger partial charge is 0.324 e. The lowest BCUT2D eigenvalue weighted by molar-refractivity contribution is -0.117. The number of rotatable bonds is 4. The number of nitrogens with one attached hydrogen (secondary N) is 2. The maximum atomic E-state index is 12.1. The lowest BCUT2D eigenvalue weighted by Crippen LogP contribution is -2.39. The van der Waals surface area contributed by atoms with Crippen molar-refractivity contribution in [2.45, 2.75) is 25.7 Å². The van der Waals surface area contributed by atoms with Crippen molar-refractivity contribution in [3.05, 3.63) is 42.0 Å². The highest BCUT2D eigenvalue weighted by Gasteiger charge is 2.24. The number of hydrogen-bond donors (Lipinski definition) is 2. The summed E-state index contributed by atoms with van der Waals surface area (Å²) in [5, 5.41) is 10.2. The topological polar surface area (TPSA) is 73.9 Å². The number of carbonyl (C=O) groups is 1. The van der Waals surface area contributed by atoms with E-state index in [9.17, 15) is 4.79 Å². The van der Waals surface area contributed by atoms with Crippen LogP contribution < -0.4 is 5.32 Å². The monoisotopic (exact) mass is 299 g/mol. The Bertz CT molecular complexity index is 624. The van der Waals surface area contributed by atoms with Gasteiger partial charge in [0.2, 0.25) is 5.91 Å². The van der Waals surface area contributed by atoms with E-state index in [4.69, 9.17) is 0 Å². The molecule has 2 N–H and O–H groups in total. The smallest absolute Gasteiger partial charge is 0.238 e. The molecular weight excluding hydrogens is 278 g/mol. The molecule has 6 nitrogen and oxygen atoms in total. The van der Waals surface area contributed by atoms with Gasteiger partial charge in [0, 0.05) is 24.4 Å². The Morgan fingerprint density at radius 1 is 1.55 bits per heavy atom. The first-order chi connectivity index (χ1) is 10.7. The van der Waals surface area contributed by atoms with E-state index >= 15 is 0 Å². The number of aryl methyl sites for hydroxylation is 1. The van der Waals surface area contributed by atoms with Crippen LogP contribution in [0.25, 0.3) is 0 Å². The zero-order valence-corrected chi connectivity index (χ0v) is 12.7. The molecule has 2 aromatic rings. The van der Waals surface area contributed by atoms with E-state index < -0.39 is 0 Å². The van der Waals surface area contributed by atoms with Crippen molar-refractivity contribution in [1.82, 2.24) is 20.1 Å². The van der Waals surface area contributed by atoms with E-state index in [1.807, 2.05) is 19.1 Å². The quantitative estimate of drug-likeness (QED) is 0.904. The Morgan fingerprint density at radius 3 is 3.18 bits per heavy atom. The van der Waals surface area contributed by atoms with Crippen LogP contribution in [0.15, 0.2) is 30.6 Å². The van der Waals surface area contributed by atoms with Crippen molar-refractivity contribution >= 4 is 11.6 Å². The molecule has 3 rings (SSSR count). The van der Waals surface area contributed by atoms with E-state index in [0.29, 0.717) is 12.5 Å². The Kier molecular flexibility index (Phi) is 4.48. The highest BCUT2D eigenvalue weighted by molar-refractivity contribution is 5.92. The standard InChI is InChI=1S/C16H21N5O/c1-12-8-15(20-19-12)13-4-3-7-21(10-13)11-16(22)18-14-5-2-6-17-9-14/h2,5-6,8-9,13H,3-4,7,10-11H2,1H3,(H,18,22)(H,19,20)/t13-/m0/s1. The number of pyridine rings is 1. The normalized spacial score (nSPS) is 19.0. The molecule has 1 fully saturated rings. The molecule has 1 atom stereocenters. The minimum atomic E-state index is 0.00635. The maximum Gasteiger partial charge on any atom is 0.238 e. The van der Waals surface area contributed by atoms with Crippen molar-refractivity contribution in [3.8, 4) is 0 Å². The van der Waals surface area contributed by atoms with Gasteiger partial charge in [-0.05, 0) is 44.5 Å². The van der Waals surface area contributed by atoms with Gasteiger partial charge in [-0.2, -0.15) is 5.10 Å². The number of hydrogen-bond acceptors (Lipinski definition) is 4. The zero-order valence-electron chi connectivity index (χ0n) is 12.7. The first kappa shape index (κ1) is 14.7. The number of aromatic amines is 1. The van der Waals surface area contributed by atoms with Crippen LogP contribution in [0.2, 0.25) is 0 Å². The molecule has 0 radical (unpaired) electrons. The molecule has 3 heterocycles. The minimum absolute atomic E-state index is 0.00635. The maximum absolute atomic E-state index is 12.1. The fourth-order valence-electron chi connectivity index (χ4n) is 2.93. The van der Waals surface area contributed by atoms with Crippen LogP contribution in [0.5, 0.6) is 0 Å². The SMILES string of the molecule is Cc1cc([C@H]2CCCN(CC(=O)Nc3cccnc3)C2)n[nH]1. The van der Waals surface area contributed by atoms with Crippen molar-refractivity contribution in [2.24, 2.45) is 0 Å². The summed E-state index contributed by atoms with van der Waals surface area (Å²) >= 11 is 0. The van der Waals surface area contributed by atoms with Gasteiger partial charge >= 0.3 is 0 Å². The number of carbonyl (C=O) groups excluding carboxylic acids is 1. The van der Waals surface area contributed by atoms with Gasteiger partial charge in [-0.15, -0.1) is 0 Å². The third kappa shape index (κ3) is 3.71. The second-order valence-corrected chi connectivity index (χ2v) is 5.84. The molecule has 0 aromatic carbocycles. The number of anilines is 1. The van der Waals surface area contributed by atoms with E-state index in [1.54, 1.807) is 12.4 Å². The molecule has 6 heteroatoms. The molecular formula is C16H21N5O. The van der Waals surface area contributed by atoms with Crippen molar-refractivity contribution in [3.63, 3.8) is 0 Å². The summed E-state index contributed by atoms with van der Waals surface area (Å²) in [6.45, 7) is 4.26. The second kappa shape index (κ2) is 6.70. The first-order valence-electron chi connectivity index (χ1n) is 7.65. The second-order valence-electron chi connectivity index (χ2n) is 5.84. The number of nitrogens with zero attached hydrogens (tertiary/aromatic N) is 3. The van der Waals surface area contributed by atoms with Gasteiger partial charge in [0.15, 0.2) is 0 Å². The minimum Gasteiger partial charge on any atom is -0.324 e. The summed E-state index contributed by atoms with van der Waals surface area (Å²) in [6.07, 6.45) is 5.57. The molecule has 0 saturated carbocycles. The van der Waals surface area contributed by atoms with Crippen molar-refractivity contribution < 1.29 is 4.79 Å². The average molecular weight is 299 g/mol. The Balaban J connectivity index is 1.55. The Hall–Kier alpha value is -2.21. The molecule has 1 saturated heterocycles. The van der Waals surface area contributed by atoms with E-state index in [0.717, 1.165) is 43.0 Å². The summed E-state index contributed by atoms with van der Waals surface area (Å²) in [5.41, 5.74) is 2.93. The van der Waals surface area contributed by atoms with E-state index in [1.165, 1.54) is 0 Å². The van der Waals surface area contributed by atoms with Crippen LogP contribution in [0.1, 0.15) is 30.1 Å². The Morgan fingerprint density at radius 2 is 2.45 bits per heavy atom. The van der Waals surface area contributed by atoms with Gasteiger partial charge in [-0.25, -0.2) is 0 Å². The van der Waals surface area contributed by atoms with E-state index in [2.05, 4.69) is 31.5 Å². The fraction of sp³-hybridized carbons (Fsp3) is 0.438. The summed E-state index contributed by atoms with van der Waals surface area (Å²) in [6, 6.07) is 5.76. The highest BCUT2D eigenvalue weighted by atomic mass is 16.2. The third-order valence-corrected chi connectivity index (χ3v) is 3.96. The van der Waals surface area contributed by atoms with Gasteiger partial charge < -0.3 is 5.32 Å². The summed E-state index contributed by atoms with van der Waals surface area (Å²) < 4.78 is 0. The lowest BCUT2D eigenvalue weighted by atomic mass is 9.94. The van der Waals surface area contributed by atoms with E-state index in [-0.39, 0.29) is 5.91 Å². The predicted octanol–water partition coefficient (Wildman–Crippen LogP) is 1.93. The van der Waals surface area contributed by atoms with Gasteiger partial charge in [-0.1, -0.05) is 0 Å². The van der Waals surface area contributed by atoms with Crippen molar-refractivity contribution in [2.75, 3.05) is 25.0 Å². The first-order valence-corrected chi connectivity index (χ1v) is 7.65. The molecule has 116 valence electrons. The molecule has 22 heavy (non-hydrogen) atoms. The molecule has 2 aromatic heterocycles. The molecule has 1 aliphatic rings. The number of aromatic nitrogens is 3. The lowest BCUT2D eigenvalue weighted by Gasteiger charge is -2.31. The van der Waals surface area contributed by atoms with Crippen molar-refractivity contribution in [1.29, 1.82) is 0 Å². The van der Waals surface area contributed by atoms with Crippen LogP contribution in [0, 0.1) is 6.92 Å². The number of likely N-dealkylation sites (tertiary alicyclic amines) is 1. The van der Waals surface area contributed by atoms with Crippen LogP contribution >= 0.6 is 0 Å². The zero-order chi connectivity index (χ0) is 15.4. The summed E-state index contributed by atoms with van der Waals surface area (Å²) in [7, 11) is 0. The highest BCUT2D eigenvalue weighted by Crippen LogP contribution is 2.25. The fourth-order valence-corrected chi connectivity index (χ4v) is 2.93. The van der Waals surface area contributed by atoms with Crippen LogP contribution in [0.3, 0.4) is 0 Å². The number of piperidine rings is 1.